The van der Waals surface area contributed by atoms with Crippen molar-refractivity contribution in [1.29, 1.82) is 0 Å². The molecule has 0 aliphatic heterocycles. The van der Waals surface area contributed by atoms with Gasteiger partial charge in [-0.25, -0.2) is 5.43 Å². The van der Waals surface area contributed by atoms with Crippen molar-refractivity contribution in [1.82, 2.24) is 9.99 Å². The van der Waals surface area contributed by atoms with Crippen molar-refractivity contribution >= 4 is 51.3 Å². The summed E-state index contributed by atoms with van der Waals surface area (Å²) >= 11 is 15.6. The molecule has 3 rings (SSSR count). The van der Waals surface area contributed by atoms with Crippen LogP contribution in [-0.4, -0.2) is 16.7 Å². The summed E-state index contributed by atoms with van der Waals surface area (Å²) in [4.78, 5) is 12.1. The van der Waals surface area contributed by atoms with E-state index in [4.69, 9.17) is 23.2 Å². The molecule has 1 heterocycles. The van der Waals surface area contributed by atoms with Crippen molar-refractivity contribution in [3.63, 3.8) is 0 Å². The molecule has 0 aliphatic carbocycles. The van der Waals surface area contributed by atoms with Crippen LogP contribution in [0.1, 0.15) is 27.3 Å². The van der Waals surface area contributed by atoms with Gasteiger partial charge in [-0.05, 0) is 62.4 Å². The van der Waals surface area contributed by atoms with Crippen molar-refractivity contribution < 1.29 is 4.79 Å². The zero-order valence-corrected chi connectivity index (χ0v) is 17.7. The number of hydrogen-bond donors (Lipinski definition) is 1. The molecule has 0 radical (unpaired) electrons. The molecule has 0 fully saturated rings. The number of halogens is 3. The fourth-order valence-corrected chi connectivity index (χ4v) is 3.59. The Morgan fingerprint density at radius 2 is 1.70 bits per heavy atom. The molecule has 4 nitrogen and oxygen atoms in total. The third-order valence-corrected chi connectivity index (χ3v) is 5.02. The Morgan fingerprint density at radius 1 is 1.07 bits per heavy atom. The van der Waals surface area contributed by atoms with Crippen LogP contribution in [0.5, 0.6) is 0 Å². The van der Waals surface area contributed by atoms with E-state index in [0.717, 1.165) is 27.1 Å². The summed E-state index contributed by atoms with van der Waals surface area (Å²) in [5.74, 6) is -0.269. The van der Waals surface area contributed by atoms with Gasteiger partial charge in [0, 0.05) is 42.7 Å². The van der Waals surface area contributed by atoms with Crippen molar-refractivity contribution in [3.05, 3.63) is 85.6 Å². The topological polar surface area (TPSA) is 46.4 Å². The SMILES string of the molecule is Cc1cc(/C=N\NC(=O)c2ccc(Br)cc2)c(C)n1-c1cc(Cl)cc(Cl)c1. The third-order valence-electron chi connectivity index (χ3n) is 4.05. The van der Waals surface area contributed by atoms with E-state index in [2.05, 4.69) is 26.5 Å². The average Bonchev–Trinajstić information content (AvgIpc) is 2.88. The first-order valence-electron chi connectivity index (χ1n) is 8.09. The van der Waals surface area contributed by atoms with Gasteiger partial charge in [-0.15, -0.1) is 0 Å². The van der Waals surface area contributed by atoms with Crippen molar-refractivity contribution in [2.75, 3.05) is 0 Å². The van der Waals surface area contributed by atoms with Crippen LogP contribution in [0.15, 0.2) is 58.1 Å². The first-order valence-corrected chi connectivity index (χ1v) is 9.64. The normalized spacial score (nSPS) is 11.1. The molecule has 0 spiro atoms. The van der Waals surface area contributed by atoms with Gasteiger partial charge in [0.2, 0.25) is 0 Å². The van der Waals surface area contributed by atoms with Gasteiger partial charge in [-0.3, -0.25) is 4.79 Å². The lowest BCUT2D eigenvalue weighted by molar-refractivity contribution is 0.0955. The Morgan fingerprint density at radius 3 is 2.33 bits per heavy atom. The molecule has 0 bridgehead atoms. The number of carbonyl (C=O) groups excluding carboxylic acids is 1. The molecule has 0 aliphatic rings. The summed E-state index contributed by atoms with van der Waals surface area (Å²) in [6, 6.07) is 14.5. The highest BCUT2D eigenvalue weighted by Crippen LogP contribution is 2.26. The Balaban J connectivity index is 1.81. The molecule has 2 aromatic carbocycles. The van der Waals surface area contributed by atoms with Gasteiger partial charge in [-0.1, -0.05) is 39.1 Å². The summed E-state index contributed by atoms with van der Waals surface area (Å²) < 4.78 is 2.95. The fourth-order valence-electron chi connectivity index (χ4n) is 2.81. The van der Waals surface area contributed by atoms with Crippen molar-refractivity contribution in [2.24, 2.45) is 5.10 Å². The average molecular weight is 465 g/mol. The van der Waals surface area contributed by atoms with Crippen LogP contribution in [0.2, 0.25) is 10.0 Å². The quantitative estimate of drug-likeness (QED) is 0.377. The van der Waals surface area contributed by atoms with E-state index >= 15 is 0 Å². The van der Waals surface area contributed by atoms with Crippen LogP contribution in [0.4, 0.5) is 0 Å². The first kappa shape index (κ1) is 19.7. The maximum Gasteiger partial charge on any atom is 0.271 e. The zero-order chi connectivity index (χ0) is 19.6. The monoisotopic (exact) mass is 463 g/mol. The number of benzene rings is 2. The molecule has 138 valence electrons. The summed E-state index contributed by atoms with van der Waals surface area (Å²) in [5, 5.41) is 5.23. The Hall–Kier alpha value is -2.08. The molecule has 27 heavy (non-hydrogen) atoms. The first-order chi connectivity index (χ1) is 12.8. The summed E-state index contributed by atoms with van der Waals surface area (Å²) in [7, 11) is 0. The maximum absolute atomic E-state index is 12.1. The number of nitrogens with one attached hydrogen (secondary N) is 1. The standard InChI is InChI=1S/C20H16BrCl2N3O/c1-12-7-15(11-24-25-20(27)14-3-5-16(21)6-4-14)13(2)26(12)19-9-17(22)8-18(23)10-19/h3-11H,1-2H3,(H,25,27)/b24-11-. The molecule has 0 atom stereocenters. The molecule has 1 N–H and O–H groups in total. The highest BCUT2D eigenvalue weighted by molar-refractivity contribution is 9.10. The molecule has 1 amide bonds. The second-order valence-corrected chi connectivity index (χ2v) is 7.78. The summed E-state index contributed by atoms with van der Waals surface area (Å²) in [6.45, 7) is 3.96. The molecule has 0 saturated carbocycles. The number of carbonyl (C=O) groups is 1. The number of amides is 1. The van der Waals surface area contributed by atoms with E-state index in [1.165, 1.54) is 0 Å². The smallest absolute Gasteiger partial charge is 0.271 e. The van der Waals surface area contributed by atoms with Crippen LogP contribution in [0, 0.1) is 13.8 Å². The van der Waals surface area contributed by atoms with Crippen LogP contribution in [-0.2, 0) is 0 Å². The Kier molecular flexibility index (Phi) is 6.05. The molecular formula is C20H16BrCl2N3O. The third kappa shape index (κ3) is 4.61. The molecule has 0 saturated heterocycles. The van der Waals surface area contributed by atoms with Crippen LogP contribution < -0.4 is 5.43 Å². The van der Waals surface area contributed by atoms with E-state index in [-0.39, 0.29) is 5.91 Å². The summed E-state index contributed by atoms with van der Waals surface area (Å²) in [6.07, 6.45) is 1.63. The van der Waals surface area contributed by atoms with Gasteiger partial charge in [0.1, 0.15) is 0 Å². The van der Waals surface area contributed by atoms with E-state index in [0.29, 0.717) is 15.6 Å². The highest BCUT2D eigenvalue weighted by Gasteiger charge is 2.11. The largest absolute Gasteiger partial charge is 0.318 e. The van der Waals surface area contributed by atoms with Crippen LogP contribution in [0.3, 0.4) is 0 Å². The Bertz CT molecular complexity index is 1010. The molecular weight excluding hydrogens is 449 g/mol. The predicted molar refractivity (Wildman–Crippen MR) is 114 cm³/mol. The van der Waals surface area contributed by atoms with E-state index in [1.54, 1.807) is 24.4 Å². The second-order valence-electron chi connectivity index (χ2n) is 6.00. The number of aromatic nitrogens is 1. The van der Waals surface area contributed by atoms with Crippen LogP contribution in [0.25, 0.3) is 5.69 Å². The van der Waals surface area contributed by atoms with Crippen LogP contribution >= 0.6 is 39.1 Å². The van der Waals surface area contributed by atoms with Gasteiger partial charge in [-0.2, -0.15) is 5.10 Å². The number of rotatable bonds is 4. The number of nitrogens with zero attached hydrogens (tertiary/aromatic N) is 2. The van der Waals surface area contributed by atoms with Gasteiger partial charge in [0.15, 0.2) is 0 Å². The molecule has 1 aromatic heterocycles. The highest BCUT2D eigenvalue weighted by atomic mass is 79.9. The van der Waals surface area contributed by atoms with E-state index in [9.17, 15) is 4.79 Å². The molecule has 7 heteroatoms. The van der Waals surface area contributed by atoms with E-state index < -0.39 is 0 Å². The van der Waals surface area contributed by atoms with Gasteiger partial charge in [0.25, 0.3) is 5.91 Å². The minimum Gasteiger partial charge on any atom is -0.318 e. The predicted octanol–water partition coefficient (Wildman–Crippen LogP) is 5.93. The number of aryl methyl sites for hydroxylation is 1. The minimum absolute atomic E-state index is 0.269. The van der Waals surface area contributed by atoms with Gasteiger partial charge in [0.05, 0.1) is 6.21 Å². The number of hydrogen-bond acceptors (Lipinski definition) is 2. The van der Waals surface area contributed by atoms with Gasteiger partial charge < -0.3 is 4.57 Å². The van der Waals surface area contributed by atoms with E-state index in [1.807, 2.05) is 48.7 Å². The molecule has 3 aromatic rings. The lowest BCUT2D eigenvalue weighted by Gasteiger charge is -2.10. The minimum atomic E-state index is -0.269. The maximum atomic E-state index is 12.1. The zero-order valence-electron chi connectivity index (χ0n) is 14.6. The van der Waals surface area contributed by atoms with Crippen molar-refractivity contribution in [3.8, 4) is 5.69 Å². The Labute approximate surface area is 175 Å². The lowest BCUT2D eigenvalue weighted by atomic mass is 10.2. The lowest BCUT2D eigenvalue weighted by Crippen LogP contribution is -2.17. The fraction of sp³-hybridized carbons (Fsp3) is 0.100. The molecule has 0 unspecified atom stereocenters. The summed E-state index contributed by atoms with van der Waals surface area (Å²) in [5.41, 5.74) is 6.82. The second kappa shape index (κ2) is 8.30. The van der Waals surface area contributed by atoms with Gasteiger partial charge >= 0.3 is 0 Å². The number of hydrazone groups is 1. The van der Waals surface area contributed by atoms with Crippen molar-refractivity contribution in [2.45, 2.75) is 13.8 Å².